The fourth-order valence-electron chi connectivity index (χ4n) is 1.81. The van der Waals surface area contributed by atoms with E-state index in [-0.39, 0.29) is 4.90 Å². The molecule has 2 N–H and O–H groups in total. The van der Waals surface area contributed by atoms with Crippen molar-refractivity contribution in [2.45, 2.75) is 24.8 Å². The van der Waals surface area contributed by atoms with E-state index in [9.17, 15) is 8.42 Å². The summed E-state index contributed by atoms with van der Waals surface area (Å²) in [6.45, 7) is 3.17. The van der Waals surface area contributed by atoms with Gasteiger partial charge in [0.15, 0.2) is 0 Å². The molecular weight excluding hydrogens is 278 g/mol. The summed E-state index contributed by atoms with van der Waals surface area (Å²) in [7, 11) is -3.66. The lowest BCUT2D eigenvalue weighted by atomic mass is 10.2. The fourth-order valence-corrected chi connectivity index (χ4v) is 2.41. The van der Waals surface area contributed by atoms with E-state index in [0.717, 1.165) is 18.5 Å². The Morgan fingerprint density at radius 3 is 2.80 bits per heavy atom. The summed E-state index contributed by atoms with van der Waals surface area (Å²) >= 11 is 0. The lowest BCUT2D eigenvalue weighted by Gasteiger charge is -2.10. The Balaban J connectivity index is 1.90. The summed E-state index contributed by atoms with van der Waals surface area (Å²) in [6.07, 6.45) is 6.22. The van der Waals surface area contributed by atoms with Gasteiger partial charge in [-0.15, -0.1) is 0 Å². The molecule has 0 unspecified atom stereocenters. The number of hydrogen-bond acceptors (Lipinski definition) is 4. The van der Waals surface area contributed by atoms with Gasteiger partial charge in [-0.05, 0) is 37.1 Å². The number of imidazole rings is 1. The number of sulfonamides is 1. The average molecular weight is 295 g/mol. The first kappa shape index (κ1) is 14.5. The Morgan fingerprint density at radius 1 is 1.40 bits per heavy atom. The number of primary sulfonamides is 1. The number of aromatic nitrogens is 2. The molecule has 6 nitrogen and oxygen atoms in total. The molecule has 0 spiro atoms. The number of aryl methyl sites for hydroxylation is 2. The first-order valence-corrected chi connectivity index (χ1v) is 7.73. The van der Waals surface area contributed by atoms with Crippen LogP contribution in [0.2, 0.25) is 0 Å². The SMILES string of the molecule is Cc1cc(S(N)(=O)=O)ccc1OCCCn1ccnc1. The Hall–Kier alpha value is -1.86. The van der Waals surface area contributed by atoms with Crippen LogP contribution in [-0.4, -0.2) is 24.6 Å². The minimum absolute atomic E-state index is 0.0979. The predicted molar refractivity (Wildman–Crippen MR) is 74.9 cm³/mol. The Labute approximate surface area is 118 Å². The van der Waals surface area contributed by atoms with Crippen molar-refractivity contribution >= 4 is 10.0 Å². The molecule has 0 saturated heterocycles. The maximum absolute atomic E-state index is 11.2. The van der Waals surface area contributed by atoms with Crippen molar-refractivity contribution in [1.29, 1.82) is 0 Å². The van der Waals surface area contributed by atoms with Crippen LogP contribution in [0.1, 0.15) is 12.0 Å². The van der Waals surface area contributed by atoms with Crippen molar-refractivity contribution in [3.05, 3.63) is 42.5 Å². The Morgan fingerprint density at radius 2 is 2.20 bits per heavy atom. The van der Waals surface area contributed by atoms with Crippen LogP contribution < -0.4 is 9.88 Å². The molecule has 1 heterocycles. The molecule has 108 valence electrons. The second kappa shape index (κ2) is 6.06. The van der Waals surface area contributed by atoms with Crippen molar-refractivity contribution in [3.63, 3.8) is 0 Å². The molecule has 0 saturated carbocycles. The molecule has 0 aliphatic rings. The maximum Gasteiger partial charge on any atom is 0.238 e. The molecule has 1 aromatic carbocycles. The quantitative estimate of drug-likeness (QED) is 0.814. The molecule has 1 aromatic heterocycles. The number of ether oxygens (including phenoxy) is 1. The van der Waals surface area contributed by atoms with Crippen LogP contribution in [0.25, 0.3) is 0 Å². The van der Waals surface area contributed by atoms with Gasteiger partial charge < -0.3 is 9.30 Å². The third-order valence-electron chi connectivity index (χ3n) is 2.85. The van der Waals surface area contributed by atoms with Gasteiger partial charge in [0.1, 0.15) is 5.75 Å². The van der Waals surface area contributed by atoms with Gasteiger partial charge in [-0.25, -0.2) is 18.5 Å². The standard InChI is InChI=1S/C13H17N3O3S/c1-11-9-12(20(14,17)18)3-4-13(11)19-8-2-6-16-7-5-15-10-16/h3-5,7,9-10H,2,6,8H2,1H3,(H2,14,17,18). The van der Waals surface area contributed by atoms with Crippen LogP contribution >= 0.6 is 0 Å². The summed E-state index contributed by atoms with van der Waals surface area (Å²) in [4.78, 5) is 4.06. The van der Waals surface area contributed by atoms with Crippen molar-refractivity contribution < 1.29 is 13.2 Å². The van der Waals surface area contributed by atoms with Gasteiger partial charge in [0, 0.05) is 18.9 Å². The summed E-state index contributed by atoms with van der Waals surface area (Å²) in [5.41, 5.74) is 0.749. The second-order valence-corrected chi connectivity index (χ2v) is 6.04. The van der Waals surface area contributed by atoms with Crippen LogP contribution in [0.3, 0.4) is 0 Å². The number of nitrogens with zero attached hydrogens (tertiary/aromatic N) is 2. The second-order valence-electron chi connectivity index (χ2n) is 4.47. The zero-order chi connectivity index (χ0) is 14.6. The third-order valence-corrected chi connectivity index (χ3v) is 3.76. The highest BCUT2D eigenvalue weighted by Gasteiger charge is 2.09. The zero-order valence-electron chi connectivity index (χ0n) is 11.2. The summed E-state index contributed by atoms with van der Waals surface area (Å²) in [5, 5.41) is 5.07. The lowest BCUT2D eigenvalue weighted by molar-refractivity contribution is 0.299. The van der Waals surface area contributed by atoms with Crippen LogP contribution in [-0.2, 0) is 16.6 Å². The van der Waals surface area contributed by atoms with Gasteiger partial charge in [0.05, 0.1) is 17.8 Å². The fraction of sp³-hybridized carbons (Fsp3) is 0.308. The minimum atomic E-state index is -3.66. The van der Waals surface area contributed by atoms with Gasteiger partial charge in [0.2, 0.25) is 10.0 Å². The van der Waals surface area contributed by atoms with Gasteiger partial charge in [-0.2, -0.15) is 0 Å². The predicted octanol–water partition coefficient (Wildman–Crippen LogP) is 1.31. The molecule has 7 heteroatoms. The zero-order valence-corrected chi connectivity index (χ0v) is 12.0. The largest absolute Gasteiger partial charge is 0.493 e. The molecule has 0 fully saturated rings. The van der Waals surface area contributed by atoms with E-state index >= 15 is 0 Å². The summed E-state index contributed by atoms with van der Waals surface area (Å²) in [6, 6.07) is 4.60. The first-order chi connectivity index (χ1) is 9.47. The number of nitrogens with two attached hydrogens (primary N) is 1. The average Bonchev–Trinajstić information content (AvgIpc) is 2.88. The highest BCUT2D eigenvalue weighted by Crippen LogP contribution is 2.21. The highest BCUT2D eigenvalue weighted by molar-refractivity contribution is 7.89. The van der Waals surface area contributed by atoms with E-state index in [4.69, 9.17) is 9.88 Å². The van der Waals surface area contributed by atoms with Crippen LogP contribution in [0.15, 0.2) is 41.8 Å². The maximum atomic E-state index is 11.2. The number of rotatable bonds is 6. The molecule has 2 rings (SSSR count). The lowest BCUT2D eigenvalue weighted by Crippen LogP contribution is -2.12. The number of hydrogen-bond donors (Lipinski definition) is 1. The molecule has 0 amide bonds. The van der Waals surface area contributed by atoms with Crippen molar-refractivity contribution in [3.8, 4) is 5.75 Å². The van der Waals surface area contributed by atoms with E-state index in [1.807, 2.05) is 10.8 Å². The summed E-state index contributed by atoms with van der Waals surface area (Å²) < 4.78 is 30.0. The molecule has 20 heavy (non-hydrogen) atoms. The van der Waals surface area contributed by atoms with E-state index in [1.165, 1.54) is 12.1 Å². The van der Waals surface area contributed by atoms with Crippen LogP contribution in [0.4, 0.5) is 0 Å². The van der Waals surface area contributed by atoms with Gasteiger partial charge in [-0.3, -0.25) is 0 Å². The van der Waals surface area contributed by atoms with Gasteiger partial charge in [0.25, 0.3) is 0 Å². The van der Waals surface area contributed by atoms with Crippen molar-refractivity contribution in [2.24, 2.45) is 5.14 Å². The Bertz CT molecular complexity index is 666. The van der Waals surface area contributed by atoms with E-state index < -0.39 is 10.0 Å². The third kappa shape index (κ3) is 3.82. The molecular formula is C13H17N3O3S. The molecule has 0 aliphatic carbocycles. The van der Waals surface area contributed by atoms with E-state index in [2.05, 4.69) is 4.98 Å². The minimum Gasteiger partial charge on any atom is -0.493 e. The monoisotopic (exact) mass is 295 g/mol. The summed E-state index contributed by atoms with van der Waals surface area (Å²) in [5.74, 6) is 0.669. The molecule has 0 radical (unpaired) electrons. The van der Waals surface area contributed by atoms with E-state index in [1.54, 1.807) is 25.5 Å². The van der Waals surface area contributed by atoms with E-state index in [0.29, 0.717) is 12.4 Å². The van der Waals surface area contributed by atoms with Gasteiger partial charge >= 0.3 is 0 Å². The molecule has 0 atom stereocenters. The molecule has 2 aromatic rings. The van der Waals surface area contributed by atoms with Gasteiger partial charge in [-0.1, -0.05) is 0 Å². The highest BCUT2D eigenvalue weighted by atomic mass is 32.2. The molecule has 0 aliphatic heterocycles. The molecule has 0 bridgehead atoms. The van der Waals surface area contributed by atoms with Crippen LogP contribution in [0.5, 0.6) is 5.75 Å². The smallest absolute Gasteiger partial charge is 0.238 e. The Kier molecular flexibility index (Phi) is 4.41. The number of benzene rings is 1. The first-order valence-electron chi connectivity index (χ1n) is 6.19. The van der Waals surface area contributed by atoms with Crippen LogP contribution in [0, 0.1) is 6.92 Å². The normalized spacial score (nSPS) is 11.5. The topological polar surface area (TPSA) is 87.2 Å². The van der Waals surface area contributed by atoms with Crippen molar-refractivity contribution in [2.75, 3.05) is 6.61 Å². The van der Waals surface area contributed by atoms with Crippen molar-refractivity contribution in [1.82, 2.24) is 9.55 Å².